The molecule has 2 amide bonds. The molecule has 1 fully saturated rings. The molecule has 8 nitrogen and oxygen atoms in total. The van der Waals surface area contributed by atoms with Gasteiger partial charge in [0.15, 0.2) is 15.0 Å². The van der Waals surface area contributed by atoms with Crippen molar-refractivity contribution in [1.82, 2.24) is 9.88 Å². The summed E-state index contributed by atoms with van der Waals surface area (Å²) >= 11 is 1.33. The summed E-state index contributed by atoms with van der Waals surface area (Å²) in [5.74, 6) is -1.33. The van der Waals surface area contributed by atoms with E-state index in [2.05, 4.69) is 10.3 Å². The van der Waals surface area contributed by atoms with Crippen molar-refractivity contribution in [2.45, 2.75) is 43.6 Å². The number of carbonyl (C=O) groups excluding carboxylic acids is 2. The first-order chi connectivity index (χ1) is 14.5. The fourth-order valence-electron chi connectivity index (χ4n) is 3.27. The average molecular weight is 470 g/mol. The molecule has 0 radical (unpaired) electrons. The molecule has 168 valence electrons. The second-order valence-corrected chi connectivity index (χ2v) is 10.7. The summed E-state index contributed by atoms with van der Waals surface area (Å²) in [6, 6.07) is 3.23. The number of ether oxygens (including phenoxy) is 1. The minimum atomic E-state index is -3.71. The van der Waals surface area contributed by atoms with Crippen LogP contribution in [0.15, 0.2) is 29.3 Å². The maximum atomic E-state index is 14.0. The lowest BCUT2D eigenvalue weighted by molar-refractivity contribution is 0.0693. The van der Waals surface area contributed by atoms with Gasteiger partial charge >= 0.3 is 6.09 Å². The largest absolute Gasteiger partial charge is 0.447 e. The van der Waals surface area contributed by atoms with Gasteiger partial charge in [-0.1, -0.05) is 0 Å². The van der Waals surface area contributed by atoms with Crippen LogP contribution in [0.4, 0.5) is 14.3 Å². The lowest BCUT2D eigenvalue weighted by Crippen LogP contribution is -2.39. The van der Waals surface area contributed by atoms with Gasteiger partial charge in [-0.25, -0.2) is 22.6 Å². The summed E-state index contributed by atoms with van der Waals surface area (Å²) < 4.78 is 42.3. The van der Waals surface area contributed by atoms with Gasteiger partial charge in [-0.05, 0) is 50.8 Å². The third-order valence-corrected chi connectivity index (χ3v) is 7.03. The highest BCUT2D eigenvalue weighted by molar-refractivity contribution is 7.90. The molecule has 1 aliphatic rings. The lowest BCUT2D eigenvalue weighted by atomic mass is 9.96. The van der Waals surface area contributed by atoms with E-state index in [9.17, 15) is 22.4 Å². The van der Waals surface area contributed by atoms with E-state index in [0.29, 0.717) is 18.2 Å². The molecule has 1 aliphatic heterocycles. The second-order valence-electron chi connectivity index (χ2n) is 7.63. The van der Waals surface area contributed by atoms with Crippen molar-refractivity contribution in [2.75, 3.05) is 24.7 Å². The molecule has 1 aromatic heterocycles. The Hall–Kier alpha value is -2.53. The van der Waals surface area contributed by atoms with Gasteiger partial charge in [0.1, 0.15) is 10.7 Å². The van der Waals surface area contributed by atoms with Gasteiger partial charge in [0.2, 0.25) is 0 Å². The van der Waals surface area contributed by atoms with Gasteiger partial charge in [0, 0.05) is 36.0 Å². The third-order valence-electron chi connectivity index (χ3n) is 4.83. The number of amides is 2. The number of carbonyl (C=O) groups is 2. The van der Waals surface area contributed by atoms with Crippen molar-refractivity contribution in [1.29, 1.82) is 0 Å². The molecule has 2 heterocycles. The number of benzene rings is 1. The molecule has 0 spiro atoms. The molecule has 0 bridgehead atoms. The first-order valence-electron chi connectivity index (χ1n) is 9.77. The number of sulfone groups is 1. The highest BCUT2D eigenvalue weighted by atomic mass is 32.2. The van der Waals surface area contributed by atoms with Crippen molar-refractivity contribution in [3.05, 3.63) is 40.7 Å². The number of hydrogen-bond donors (Lipinski definition) is 1. The van der Waals surface area contributed by atoms with Crippen LogP contribution in [0.2, 0.25) is 0 Å². The van der Waals surface area contributed by atoms with Crippen molar-refractivity contribution in [3.63, 3.8) is 0 Å². The predicted molar refractivity (Wildman–Crippen MR) is 115 cm³/mol. The number of rotatable bonds is 5. The van der Waals surface area contributed by atoms with E-state index < -0.39 is 26.5 Å². The first-order valence-corrected chi connectivity index (χ1v) is 12.5. The zero-order chi connectivity index (χ0) is 22.8. The number of piperidine rings is 1. The molecule has 11 heteroatoms. The maximum Gasteiger partial charge on any atom is 0.410 e. The van der Waals surface area contributed by atoms with Gasteiger partial charge in [-0.3, -0.25) is 10.1 Å². The molecule has 31 heavy (non-hydrogen) atoms. The number of nitrogens with zero attached hydrogens (tertiary/aromatic N) is 2. The Morgan fingerprint density at radius 3 is 2.55 bits per heavy atom. The minimum absolute atomic E-state index is 0.00127. The van der Waals surface area contributed by atoms with Crippen LogP contribution in [0.3, 0.4) is 0 Å². The van der Waals surface area contributed by atoms with Gasteiger partial charge in [0.25, 0.3) is 5.91 Å². The van der Waals surface area contributed by atoms with Crippen LogP contribution in [0.5, 0.6) is 0 Å². The molecule has 2 aromatic rings. The van der Waals surface area contributed by atoms with E-state index in [0.717, 1.165) is 36.1 Å². The molecular formula is C20H24FN3O5S2. The maximum absolute atomic E-state index is 14.0. The zero-order valence-electron chi connectivity index (χ0n) is 17.4. The monoisotopic (exact) mass is 469 g/mol. The first kappa shape index (κ1) is 23.1. The molecule has 0 atom stereocenters. The van der Waals surface area contributed by atoms with Crippen LogP contribution in [0.1, 0.15) is 47.8 Å². The van der Waals surface area contributed by atoms with E-state index in [1.54, 1.807) is 11.1 Å². The molecule has 3 rings (SSSR count). The number of halogens is 1. The third kappa shape index (κ3) is 5.79. The Balaban J connectivity index is 1.60. The summed E-state index contributed by atoms with van der Waals surface area (Å²) in [7, 11) is -3.71. The van der Waals surface area contributed by atoms with Crippen LogP contribution < -0.4 is 5.32 Å². The number of hydrogen-bond acceptors (Lipinski definition) is 7. The fourth-order valence-corrected chi connectivity index (χ4v) is 4.98. The van der Waals surface area contributed by atoms with Gasteiger partial charge in [0.05, 0.1) is 6.10 Å². The predicted octanol–water partition coefficient (Wildman–Crippen LogP) is 3.66. The number of anilines is 1. The van der Waals surface area contributed by atoms with Crippen molar-refractivity contribution < 1.29 is 27.1 Å². The molecule has 0 aliphatic carbocycles. The number of thiazole rings is 1. The Bertz CT molecular complexity index is 1080. The smallest absolute Gasteiger partial charge is 0.410 e. The summed E-state index contributed by atoms with van der Waals surface area (Å²) in [6.45, 7) is 4.79. The van der Waals surface area contributed by atoms with Crippen LogP contribution in [0.25, 0.3) is 0 Å². The summed E-state index contributed by atoms with van der Waals surface area (Å²) in [5.41, 5.74) is -0.00127. The van der Waals surface area contributed by atoms with E-state index in [4.69, 9.17) is 4.74 Å². The minimum Gasteiger partial charge on any atom is -0.447 e. The Morgan fingerprint density at radius 1 is 1.29 bits per heavy atom. The van der Waals surface area contributed by atoms with Gasteiger partial charge < -0.3 is 9.64 Å². The summed E-state index contributed by atoms with van der Waals surface area (Å²) in [6.07, 6.45) is 3.66. The number of likely N-dealkylation sites (tertiary alicyclic amines) is 1. The Morgan fingerprint density at radius 2 is 1.97 bits per heavy atom. The van der Waals surface area contributed by atoms with E-state index in [1.807, 2.05) is 13.8 Å². The Kier molecular flexibility index (Phi) is 6.95. The van der Waals surface area contributed by atoms with Crippen LogP contribution in [-0.4, -0.2) is 55.8 Å². The lowest BCUT2D eigenvalue weighted by Gasteiger charge is -2.31. The number of aromatic nitrogens is 1. The molecule has 0 saturated carbocycles. The molecule has 1 saturated heterocycles. The van der Waals surface area contributed by atoms with Crippen LogP contribution in [-0.2, 0) is 14.6 Å². The highest BCUT2D eigenvalue weighted by Gasteiger charge is 2.26. The van der Waals surface area contributed by atoms with Crippen molar-refractivity contribution in [2.24, 2.45) is 0 Å². The zero-order valence-corrected chi connectivity index (χ0v) is 19.1. The molecular weight excluding hydrogens is 445 g/mol. The molecule has 1 N–H and O–H groups in total. The standard InChI is InChI=1S/C20H24FN3O5S2/c1-12(2)29-20(26)24-8-6-13(7-9-24)16-11-22-19(30-16)23-18(25)14-4-5-17(15(21)10-14)31(3,27)28/h4-5,10-13H,6-9H2,1-3H3,(H,22,23,25). The molecule has 0 unspecified atom stereocenters. The van der Waals surface area contributed by atoms with Gasteiger partial charge in [-0.2, -0.15) is 0 Å². The summed E-state index contributed by atoms with van der Waals surface area (Å²) in [5, 5.41) is 2.99. The SMILES string of the molecule is CC(C)OC(=O)N1CCC(c2cnc(NC(=O)c3ccc(S(C)(=O)=O)c(F)c3)s2)CC1. The van der Waals surface area contributed by atoms with E-state index >= 15 is 0 Å². The Labute approximate surface area is 184 Å². The fraction of sp³-hybridized carbons (Fsp3) is 0.450. The highest BCUT2D eigenvalue weighted by Crippen LogP contribution is 2.34. The normalized spacial score (nSPS) is 15.2. The van der Waals surface area contributed by atoms with Crippen LogP contribution in [0, 0.1) is 5.82 Å². The van der Waals surface area contributed by atoms with Crippen molar-refractivity contribution >= 4 is 38.3 Å². The number of nitrogens with one attached hydrogen (secondary N) is 1. The quantitative estimate of drug-likeness (QED) is 0.716. The van der Waals surface area contributed by atoms with Gasteiger partial charge in [-0.15, -0.1) is 11.3 Å². The van der Waals surface area contributed by atoms with Crippen molar-refractivity contribution in [3.8, 4) is 0 Å². The summed E-state index contributed by atoms with van der Waals surface area (Å²) in [4.78, 5) is 30.8. The van der Waals surface area contributed by atoms with Crippen LogP contribution >= 0.6 is 11.3 Å². The van der Waals surface area contributed by atoms with E-state index in [1.165, 1.54) is 17.4 Å². The molecule has 1 aromatic carbocycles. The van der Waals surface area contributed by atoms with E-state index in [-0.39, 0.29) is 23.7 Å². The topological polar surface area (TPSA) is 106 Å². The average Bonchev–Trinajstić information content (AvgIpc) is 3.15. The second kappa shape index (κ2) is 9.31.